The van der Waals surface area contributed by atoms with E-state index in [9.17, 15) is 28.8 Å². The van der Waals surface area contributed by atoms with Gasteiger partial charge in [-0.3, -0.25) is 28.8 Å². The minimum Gasteiger partial charge on any atom is -0.361 e. The van der Waals surface area contributed by atoms with Crippen molar-refractivity contribution < 1.29 is 28.8 Å². The zero-order valence-corrected chi connectivity index (χ0v) is 34.1. The molecule has 3 atom stereocenters. The van der Waals surface area contributed by atoms with Gasteiger partial charge in [-0.1, -0.05) is 32.0 Å². The number of nitrogens with zero attached hydrogens (tertiary/aromatic N) is 6. The van der Waals surface area contributed by atoms with Crippen LogP contribution in [0.25, 0.3) is 10.9 Å². The number of nitrogens with one attached hydrogen (secondary N) is 4. The summed E-state index contributed by atoms with van der Waals surface area (Å²) in [5, 5.41) is 11.6. The Morgan fingerprint density at radius 3 is 2.30 bits per heavy atom. The number of likely N-dealkylation sites (N-methyl/N-ethyl adjacent to an activating group) is 3. The number of benzene rings is 1. The SMILES string of the molecule is CC(C)C[C@@H]1NC(=O)CN(C(=O)CCN2CCN(C)CC2)CCN(C)C(=O)[C@H](C)NC(=O)CN(C)C(=O)[C@@H](Cc2c[nH]c3ccccc23)NC(=O)c2csc1n2. The topological polar surface area (TPSA) is 183 Å². The first-order valence-corrected chi connectivity index (χ1v) is 20.1. The average Bonchev–Trinajstić information content (AvgIpc) is 3.82. The molecule has 0 aliphatic carbocycles. The van der Waals surface area contributed by atoms with Gasteiger partial charge < -0.3 is 45.4 Å². The molecule has 3 aromatic rings. The Morgan fingerprint density at radius 2 is 1.57 bits per heavy atom. The molecular formula is C39H56N10O6S. The van der Waals surface area contributed by atoms with Crippen molar-refractivity contribution in [3.05, 3.63) is 52.1 Å². The number of amides is 6. The molecule has 1 aromatic carbocycles. The van der Waals surface area contributed by atoms with Crippen molar-refractivity contribution in [1.29, 1.82) is 0 Å². The predicted octanol–water partition coefficient (Wildman–Crippen LogP) is 1.07. The van der Waals surface area contributed by atoms with Crippen molar-refractivity contribution >= 4 is 57.7 Å². The number of carbonyl (C=O) groups excluding carboxylic acids is 6. The van der Waals surface area contributed by atoms with Crippen LogP contribution < -0.4 is 16.0 Å². The lowest BCUT2D eigenvalue weighted by Gasteiger charge is -2.33. The van der Waals surface area contributed by atoms with Crippen LogP contribution in [-0.4, -0.2) is 162 Å². The maximum Gasteiger partial charge on any atom is 0.271 e. The van der Waals surface area contributed by atoms with Gasteiger partial charge in [0.15, 0.2) is 0 Å². The highest BCUT2D eigenvalue weighted by Gasteiger charge is 2.31. The van der Waals surface area contributed by atoms with Crippen molar-refractivity contribution in [1.82, 2.24) is 50.4 Å². The van der Waals surface area contributed by atoms with E-state index in [0.717, 1.165) is 42.6 Å². The van der Waals surface area contributed by atoms with Gasteiger partial charge in [-0.05, 0) is 37.9 Å². The van der Waals surface area contributed by atoms with Gasteiger partial charge in [-0.25, -0.2) is 4.98 Å². The fraction of sp³-hybridized carbons (Fsp3) is 0.564. The molecule has 2 bridgehead atoms. The zero-order chi connectivity index (χ0) is 40.5. The highest BCUT2D eigenvalue weighted by atomic mass is 32.1. The lowest BCUT2D eigenvalue weighted by atomic mass is 10.0. The summed E-state index contributed by atoms with van der Waals surface area (Å²) in [5.41, 5.74) is 1.77. The molecular weight excluding hydrogens is 737 g/mol. The van der Waals surface area contributed by atoms with Gasteiger partial charge in [0.25, 0.3) is 5.91 Å². The smallest absolute Gasteiger partial charge is 0.271 e. The molecule has 0 saturated carbocycles. The van der Waals surface area contributed by atoms with Gasteiger partial charge in [-0.15, -0.1) is 11.3 Å². The van der Waals surface area contributed by atoms with Gasteiger partial charge in [0.1, 0.15) is 22.8 Å². The minimum absolute atomic E-state index is 0.0899. The van der Waals surface area contributed by atoms with E-state index in [0.29, 0.717) is 18.0 Å². The number of para-hydroxylation sites is 1. The zero-order valence-electron chi connectivity index (χ0n) is 33.3. The van der Waals surface area contributed by atoms with E-state index in [4.69, 9.17) is 0 Å². The normalized spacial score (nSPS) is 22.2. The van der Waals surface area contributed by atoms with Crippen LogP contribution in [0.3, 0.4) is 0 Å². The molecule has 5 rings (SSSR count). The van der Waals surface area contributed by atoms with Gasteiger partial charge in [0.2, 0.25) is 29.5 Å². The fourth-order valence-electron chi connectivity index (χ4n) is 7.01. The number of thiazole rings is 1. The standard InChI is InChI=1S/C39H56N10O6S/c1-25(2)19-30-37-44-32(24-56-37)36(53)43-31(20-27-21-40-29-10-8-7-9-28(27)29)39(55)47(6)22-33(50)41-26(3)38(54)46(5)15-18-49(23-34(51)42-30)35(52)11-12-48-16-13-45(4)14-17-48/h7-10,21,24-26,30-31,40H,11-20,22-23H2,1-6H3,(H,41,50)(H,42,51)(H,43,53)/t26-,30-,31+/m0/s1. The van der Waals surface area contributed by atoms with Gasteiger partial charge in [-0.2, -0.15) is 0 Å². The first kappa shape index (κ1) is 42.3. The van der Waals surface area contributed by atoms with Gasteiger partial charge >= 0.3 is 0 Å². The Morgan fingerprint density at radius 1 is 0.857 bits per heavy atom. The Balaban J connectivity index is 1.41. The second-order valence-electron chi connectivity index (χ2n) is 15.4. The largest absolute Gasteiger partial charge is 0.361 e. The Kier molecular flexibility index (Phi) is 14.6. The first-order valence-electron chi connectivity index (χ1n) is 19.3. The van der Waals surface area contributed by atoms with Crippen LogP contribution in [0.2, 0.25) is 0 Å². The third-order valence-electron chi connectivity index (χ3n) is 10.3. The average molecular weight is 793 g/mol. The fourth-order valence-corrected chi connectivity index (χ4v) is 7.87. The van der Waals surface area contributed by atoms with E-state index in [1.54, 1.807) is 25.5 Å². The predicted molar refractivity (Wildman–Crippen MR) is 214 cm³/mol. The molecule has 56 heavy (non-hydrogen) atoms. The van der Waals surface area contributed by atoms with Crippen molar-refractivity contribution in [2.24, 2.45) is 5.92 Å². The molecule has 0 radical (unpaired) electrons. The number of rotatable bonds is 7. The summed E-state index contributed by atoms with van der Waals surface area (Å²) in [7, 11) is 5.12. The highest BCUT2D eigenvalue weighted by molar-refractivity contribution is 7.09. The maximum atomic E-state index is 14.0. The van der Waals surface area contributed by atoms with Crippen molar-refractivity contribution in [2.75, 3.05) is 80.0 Å². The molecule has 17 heteroatoms. The molecule has 2 aliphatic heterocycles. The maximum absolute atomic E-state index is 14.0. The molecule has 2 aliphatic rings. The highest BCUT2D eigenvalue weighted by Crippen LogP contribution is 2.25. The summed E-state index contributed by atoms with van der Waals surface area (Å²) in [6.07, 6.45) is 2.67. The van der Waals surface area contributed by atoms with Crippen LogP contribution >= 0.6 is 11.3 Å². The Bertz CT molecular complexity index is 1870. The quantitative estimate of drug-likeness (QED) is 0.272. The molecule has 304 valence electrons. The van der Waals surface area contributed by atoms with Crippen molar-refractivity contribution in [3.63, 3.8) is 0 Å². The molecule has 16 nitrogen and oxygen atoms in total. The lowest BCUT2D eigenvalue weighted by molar-refractivity contribution is -0.139. The van der Waals surface area contributed by atoms with E-state index in [2.05, 4.69) is 42.8 Å². The van der Waals surface area contributed by atoms with Crippen LogP contribution in [0.1, 0.15) is 60.7 Å². The molecule has 6 amide bonds. The molecule has 0 unspecified atom stereocenters. The number of hydrogen-bond donors (Lipinski definition) is 4. The third kappa shape index (κ3) is 11.4. The van der Waals surface area contributed by atoms with Gasteiger partial charge in [0, 0.05) is 95.2 Å². The van der Waals surface area contributed by atoms with E-state index < -0.39 is 47.7 Å². The number of fused-ring (bicyclic) bond motifs is 3. The van der Waals surface area contributed by atoms with Crippen LogP contribution in [0.15, 0.2) is 35.8 Å². The lowest BCUT2D eigenvalue weighted by Crippen LogP contribution is -2.53. The summed E-state index contributed by atoms with van der Waals surface area (Å²) in [6, 6.07) is 5.09. The van der Waals surface area contributed by atoms with E-state index in [1.807, 2.05) is 38.1 Å². The first-order chi connectivity index (χ1) is 26.7. The third-order valence-corrected chi connectivity index (χ3v) is 11.3. The van der Waals surface area contributed by atoms with E-state index in [-0.39, 0.29) is 56.5 Å². The second-order valence-corrected chi connectivity index (χ2v) is 16.3. The molecule has 2 aromatic heterocycles. The van der Waals surface area contributed by atoms with Gasteiger partial charge in [0.05, 0.1) is 19.1 Å². The monoisotopic (exact) mass is 792 g/mol. The molecule has 0 spiro atoms. The van der Waals surface area contributed by atoms with E-state index in [1.165, 1.54) is 33.1 Å². The number of hydrogen-bond acceptors (Lipinski definition) is 10. The summed E-state index contributed by atoms with van der Waals surface area (Å²) in [5.74, 6) is -2.48. The molecule has 4 N–H and O–H groups in total. The number of piperazine rings is 1. The minimum atomic E-state index is -1.06. The van der Waals surface area contributed by atoms with Crippen LogP contribution in [0.5, 0.6) is 0 Å². The summed E-state index contributed by atoms with van der Waals surface area (Å²) in [6.45, 7) is 9.32. The number of aromatic nitrogens is 2. The Labute approximate surface area is 332 Å². The van der Waals surface area contributed by atoms with Crippen molar-refractivity contribution in [2.45, 2.75) is 58.2 Å². The van der Waals surface area contributed by atoms with Crippen LogP contribution in [0, 0.1) is 5.92 Å². The molecule has 4 heterocycles. The molecule has 1 fully saturated rings. The summed E-state index contributed by atoms with van der Waals surface area (Å²) >= 11 is 1.23. The summed E-state index contributed by atoms with van der Waals surface area (Å²) < 4.78 is 0. The molecule has 1 saturated heterocycles. The summed E-state index contributed by atoms with van der Waals surface area (Å²) in [4.78, 5) is 98.2. The van der Waals surface area contributed by atoms with Crippen molar-refractivity contribution in [3.8, 4) is 0 Å². The van der Waals surface area contributed by atoms with Crippen LogP contribution in [-0.2, 0) is 30.4 Å². The number of H-pyrrole nitrogens is 1. The number of aromatic amines is 1. The van der Waals surface area contributed by atoms with Crippen LogP contribution in [0.4, 0.5) is 0 Å². The number of carbonyl (C=O) groups is 6. The second kappa shape index (κ2) is 19.3. The van der Waals surface area contributed by atoms with E-state index >= 15 is 0 Å². The Hall–Kier alpha value is -4.87.